The summed E-state index contributed by atoms with van der Waals surface area (Å²) >= 11 is 0. The Morgan fingerprint density at radius 2 is 1.07 bits per heavy atom. The lowest BCUT2D eigenvalue weighted by molar-refractivity contribution is 0.767. The second kappa shape index (κ2) is 23.4. The SMILES string of the molecule is C=C/C=C\C=C/c1ccccc1C1(c2ccccc2)c2cc3ccccc3cc2-c2c(C3=C/C=C\C=C\C=C/C=C(Cc4ccccc4)\C=C\3)cccc21.Cc1ccc(-c2ccccc2)cc1.NN. The first-order valence-corrected chi connectivity index (χ1v) is 23.5. The minimum Gasteiger partial charge on any atom is -0.274 e. The first kappa shape index (κ1) is 47.1. The van der Waals surface area contributed by atoms with Gasteiger partial charge in [-0.25, -0.2) is 0 Å². The van der Waals surface area contributed by atoms with Crippen molar-refractivity contribution < 1.29 is 0 Å². The van der Waals surface area contributed by atoms with Crippen LogP contribution in [-0.2, 0) is 11.8 Å². The van der Waals surface area contributed by atoms with Gasteiger partial charge in [-0.2, -0.15) is 0 Å². The molecule has 0 saturated heterocycles. The highest BCUT2D eigenvalue weighted by molar-refractivity contribution is 6.00. The molecule has 2 nitrogen and oxygen atoms in total. The zero-order valence-electron chi connectivity index (χ0n) is 39.2. The van der Waals surface area contributed by atoms with Crippen LogP contribution in [0.3, 0.4) is 0 Å². The lowest BCUT2D eigenvalue weighted by atomic mass is 9.66. The van der Waals surface area contributed by atoms with E-state index in [1.165, 1.54) is 83.1 Å². The molecule has 0 saturated carbocycles. The fourth-order valence-corrected chi connectivity index (χ4v) is 9.44. The molecule has 0 fully saturated rings. The van der Waals surface area contributed by atoms with Gasteiger partial charge in [0.05, 0.1) is 5.41 Å². The minimum atomic E-state index is -0.577. The molecule has 1 unspecified atom stereocenters. The molecule has 8 aromatic rings. The van der Waals surface area contributed by atoms with Crippen LogP contribution < -0.4 is 11.7 Å². The molecule has 8 aromatic carbocycles. The van der Waals surface area contributed by atoms with Crippen LogP contribution in [0.25, 0.3) is 44.7 Å². The Bertz CT molecular complexity index is 3250. The minimum absolute atomic E-state index is 0.577. The largest absolute Gasteiger partial charge is 0.274 e. The highest BCUT2D eigenvalue weighted by Gasteiger charge is 2.48. The van der Waals surface area contributed by atoms with Crippen LogP contribution in [0.4, 0.5) is 0 Å². The zero-order chi connectivity index (χ0) is 47.7. The lowest BCUT2D eigenvalue weighted by Crippen LogP contribution is -2.29. The molecular weight excluding hydrogens is 833 g/mol. The van der Waals surface area contributed by atoms with Crippen LogP contribution in [0.15, 0.2) is 291 Å². The first-order valence-electron chi connectivity index (χ1n) is 23.5. The van der Waals surface area contributed by atoms with Gasteiger partial charge in [-0.05, 0) is 109 Å². The number of fused-ring (bicyclic) bond motifs is 4. The number of aryl methyl sites for hydroxylation is 1. The van der Waals surface area contributed by atoms with E-state index in [4.69, 9.17) is 0 Å². The Hall–Kier alpha value is -8.40. The van der Waals surface area contributed by atoms with E-state index in [1.807, 2.05) is 24.3 Å². The third-order valence-electron chi connectivity index (χ3n) is 12.6. The van der Waals surface area contributed by atoms with E-state index in [0.29, 0.717) is 0 Å². The van der Waals surface area contributed by atoms with Gasteiger partial charge in [0.2, 0.25) is 0 Å². The number of hydrogen-bond donors (Lipinski definition) is 2. The van der Waals surface area contributed by atoms with Crippen molar-refractivity contribution >= 4 is 22.4 Å². The predicted molar refractivity (Wildman–Crippen MR) is 297 cm³/mol. The van der Waals surface area contributed by atoms with Gasteiger partial charge in [-0.1, -0.05) is 285 Å². The van der Waals surface area contributed by atoms with Crippen molar-refractivity contribution in [1.29, 1.82) is 0 Å². The van der Waals surface area contributed by atoms with Crippen LogP contribution >= 0.6 is 0 Å². The van der Waals surface area contributed by atoms with E-state index in [0.717, 1.165) is 12.0 Å². The van der Waals surface area contributed by atoms with E-state index >= 15 is 0 Å². The maximum absolute atomic E-state index is 4.00. The Kier molecular flexibility index (Phi) is 15.9. The Balaban J connectivity index is 0.000000366. The number of nitrogens with two attached hydrogens (primary N) is 2. The van der Waals surface area contributed by atoms with Gasteiger partial charge in [-0.15, -0.1) is 0 Å². The molecule has 0 aromatic heterocycles. The maximum Gasteiger partial charge on any atom is 0.0719 e. The molecule has 336 valence electrons. The van der Waals surface area contributed by atoms with E-state index in [-0.39, 0.29) is 0 Å². The van der Waals surface area contributed by atoms with E-state index in [9.17, 15) is 0 Å². The molecule has 0 bridgehead atoms. The molecular formula is C67H58N2. The van der Waals surface area contributed by atoms with E-state index in [2.05, 4.69) is 286 Å². The predicted octanol–water partition coefficient (Wildman–Crippen LogP) is 16.2. The van der Waals surface area contributed by atoms with E-state index < -0.39 is 5.41 Å². The van der Waals surface area contributed by atoms with Crippen molar-refractivity contribution in [3.05, 3.63) is 336 Å². The molecule has 69 heavy (non-hydrogen) atoms. The number of hydrazine groups is 1. The normalized spacial score (nSPS) is 18.2. The summed E-state index contributed by atoms with van der Waals surface area (Å²) in [5.41, 5.74) is 17.0. The Morgan fingerprint density at radius 1 is 0.478 bits per heavy atom. The van der Waals surface area contributed by atoms with Gasteiger partial charge in [0.1, 0.15) is 0 Å². The molecule has 0 amide bonds. The molecule has 0 aliphatic heterocycles. The van der Waals surface area contributed by atoms with Gasteiger partial charge < -0.3 is 0 Å². The summed E-state index contributed by atoms with van der Waals surface area (Å²) in [6, 6.07) is 70.3. The summed E-state index contributed by atoms with van der Waals surface area (Å²) in [6.45, 7) is 5.97. The molecule has 2 aliphatic carbocycles. The first-order chi connectivity index (χ1) is 34.1. The van der Waals surface area contributed by atoms with Crippen LogP contribution in [-0.4, -0.2) is 0 Å². The van der Waals surface area contributed by atoms with Gasteiger partial charge in [0.25, 0.3) is 0 Å². The standard InChI is InChI=1S/C54H42.C13H12.H4N2/c1-2-3-4-14-27-44-28-20-21-34-50(44)54(47-31-16-10-17-32-47)51-35-22-33-48(53(51)49-39-45-29-18-19-30-46(45)40-52(49)54)43-26-15-8-6-5-7-11-25-42(36-37-43)38-41-23-12-9-13-24-41;1-11-7-9-13(10-8-11)12-5-3-2-4-6-12;1-2/h2-37,39-40H,1,38H2;2-10H,1H3;1-2H2/b4-3-,6-5+,7-5?,8-6?,11-7-,15-8-,25-11?,26-15?,27-14-,37-36+,42-25+,42-36?,43-26+,43-37?;;. The van der Waals surface area contributed by atoms with Crippen LogP contribution in [0.2, 0.25) is 0 Å². The van der Waals surface area contributed by atoms with E-state index in [1.54, 1.807) is 0 Å². The summed E-state index contributed by atoms with van der Waals surface area (Å²) in [7, 11) is 0. The summed E-state index contributed by atoms with van der Waals surface area (Å²) in [5.74, 6) is 8.00. The average molecular weight is 891 g/mol. The smallest absolute Gasteiger partial charge is 0.0719 e. The highest BCUT2D eigenvalue weighted by Crippen LogP contribution is 2.59. The average Bonchev–Trinajstić information content (AvgIpc) is 3.69. The molecule has 0 heterocycles. The van der Waals surface area contributed by atoms with Crippen molar-refractivity contribution in [3.8, 4) is 22.3 Å². The molecule has 4 N–H and O–H groups in total. The molecule has 0 radical (unpaired) electrons. The third-order valence-corrected chi connectivity index (χ3v) is 12.6. The lowest BCUT2D eigenvalue weighted by Gasteiger charge is -2.35. The van der Waals surface area contributed by atoms with Gasteiger partial charge in [0.15, 0.2) is 0 Å². The fraction of sp³-hybridized carbons (Fsp3) is 0.0448. The summed E-state index contributed by atoms with van der Waals surface area (Å²) < 4.78 is 0. The quantitative estimate of drug-likeness (QED) is 0.0862. The third kappa shape index (κ3) is 10.8. The van der Waals surface area contributed by atoms with Crippen LogP contribution in [0, 0.1) is 6.92 Å². The molecule has 2 aliphatic rings. The Labute approximate surface area is 409 Å². The summed E-state index contributed by atoms with van der Waals surface area (Å²) in [4.78, 5) is 0. The van der Waals surface area contributed by atoms with Crippen molar-refractivity contribution in [3.63, 3.8) is 0 Å². The number of hydrogen-bond acceptors (Lipinski definition) is 2. The summed E-state index contributed by atoms with van der Waals surface area (Å²) in [5, 5.41) is 2.47. The van der Waals surface area contributed by atoms with Gasteiger partial charge >= 0.3 is 0 Å². The van der Waals surface area contributed by atoms with Crippen LogP contribution in [0.5, 0.6) is 0 Å². The topological polar surface area (TPSA) is 52.0 Å². The molecule has 10 rings (SSSR count). The zero-order valence-corrected chi connectivity index (χ0v) is 39.2. The van der Waals surface area contributed by atoms with Crippen LogP contribution in [0.1, 0.15) is 44.5 Å². The van der Waals surface area contributed by atoms with Crippen molar-refractivity contribution in [1.82, 2.24) is 0 Å². The number of rotatable bonds is 9. The number of allylic oxidation sites excluding steroid dienone is 16. The van der Waals surface area contributed by atoms with Crippen molar-refractivity contribution in [2.24, 2.45) is 11.7 Å². The maximum atomic E-state index is 4.00. The van der Waals surface area contributed by atoms with Gasteiger partial charge in [0, 0.05) is 0 Å². The van der Waals surface area contributed by atoms with Gasteiger partial charge in [-0.3, -0.25) is 11.7 Å². The number of benzene rings is 8. The summed E-state index contributed by atoms with van der Waals surface area (Å²) in [6.07, 6.45) is 32.8. The second-order valence-electron chi connectivity index (χ2n) is 16.9. The Morgan fingerprint density at radius 3 is 1.80 bits per heavy atom. The second-order valence-corrected chi connectivity index (χ2v) is 16.9. The molecule has 2 heteroatoms. The highest BCUT2D eigenvalue weighted by atomic mass is 15.0. The van der Waals surface area contributed by atoms with Crippen molar-refractivity contribution in [2.45, 2.75) is 18.8 Å². The molecule has 1 atom stereocenters. The van der Waals surface area contributed by atoms with Crippen molar-refractivity contribution in [2.75, 3.05) is 0 Å². The fourth-order valence-electron chi connectivity index (χ4n) is 9.44. The molecule has 0 spiro atoms. The monoisotopic (exact) mass is 890 g/mol.